The highest BCUT2D eigenvalue weighted by Crippen LogP contribution is 2.32. The minimum Gasteiger partial charge on any atom is -0.481 e. The van der Waals surface area contributed by atoms with Crippen LogP contribution in [0, 0.1) is 0 Å². The van der Waals surface area contributed by atoms with Crippen LogP contribution in [0.5, 0.6) is 0 Å². The van der Waals surface area contributed by atoms with Gasteiger partial charge in [0.05, 0.1) is 10.2 Å². The van der Waals surface area contributed by atoms with Gasteiger partial charge in [-0.2, -0.15) is 0 Å². The second-order valence-corrected chi connectivity index (χ2v) is 7.09. The Morgan fingerprint density at radius 1 is 1.17 bits per heavy atom. The van der Waals surface area contributed by atoms with Crippen LogP contribution in [0.1, 0.15) is 23.4 Å². The molecule has 0 aliphatic carbocycles. The molecule has 122 valence electrons. The van der Waals surface area contributed by atoms with E-state index < -0.39 is 5.97 Å². The van der Waals surface area contributed by atoms with E-state index in [1.54, 1.807) is 23.5 Å². The molecule has 0 unspecified atom stereocenters. The van der Waals surface area contributed by atoms with Gasteiger partial charge in [-0.3, -0.25) is 4.79 Å². The predicted molar refractivity (Wildman–Crippen MR) is 101 cm³/mol. The highest BCUT2D eigenvalue weighted by Gasteiger charge is 2.12. The van der Waals surface area contributed by atoms with Gasteiger partial charge in [0.2, 0.25) is 0 Å². The molecule has 24 heavy (non-hydrogen) atoms. The quantitative estimate of drug-likeness (QED) is 0.592. The van der Waals surface area contributed by atoms with Crippen molar-refractivity contribution < 1.29 is 9.90 Å². The number of nitrogens with zero attached hydrogens (tertiary/aromatic N) is 1. The Labute approximate surface area is 153 Å². The van der Waals surface area contributed by atoms with Crippen LogP contribution in [0.4, 0.5) is 0 Å². The van der Waals surface area contributed by atoms with Crippen LogP contribution in [0.3, 0.4) is 0 Å². The lowest BCUT2D eigenvalue weighted by molar-refractivity contribution is -0.136. The van der Waals surface area contributed by atoms with E-state index in [1.165, 1.54) is 0 Å². The van der Waals surface area contributed by atoms with Crippen LogP contribution >= 0.6 is 34.5 Å². The number of fused-ring (bicyclic) bond motifs is 1. The van der Waals surface area contributed by atoms with Crippen molar-refractivity contribution in [3.8, 4) is 0 Å². The molecule has 0 saturated carbocycles. The summed E-state index contributed by atoms with van der Waals surface area (Å²) in [5.41, 5.74) is 2.55. The summed E-state index contributed by atoms with van der Waals surface area (Å²) in [5, 5.41) is 10.9. The SMILES string of the molecule is O=C(O)CC/C(=C/c1ccc(Cl)cc1Cl)c1nc2ccccc2s1. The molecule has 0 amide bonds. The van der Waals surface area contributed by atoms with Crippen molar-refractivity contribution in [1.82, 2.24) is 4.98 Å². The van der Waals surface area contributed by atoms with E-state index >= 15 is 0 Å². The van der Waals surface area contributed by atoms with Crippen molar-refractivity contribution in [2.45, 2.75) is 12.8 Å². The number of allylic oxidation sites excluding steroid dienone is 1. The van der Waals surface area contributed by atoms with E-state index in [4.69, 9.17) is 28.3 Å². The number of rotatable bonds is 5. The summed E-state index contributed by atoms with van der Waals surface area (Å²) in [7, 11) is 0. The number of carbonyl (C=O) groups is 1. The molecular formula is C18H13Cl2NO2S. The van der Waals surface area contributed by atoms with Crippen LogP contribution in [-0.4, -0.2) is 16.1 Å². The number of hydrogen-bond acceptors (Lipinski definition) is 3. The summed E-state index contributed by atoms with van der Waals surface area (Å²) in [6.07, 6.45) is 2.31. The summed E-state index contributed by atoms with van der Waals surface area (Å²) in [6, 6.07) is 13.1. The highest BCUT2D eigenvalue weighted by atomic mass is 35.5. The van der Waals surface area contributed by atoms with Gasteiger partial charge in [0.15, 0.2) is 0 Å². The number of thiazole rings is 1. The average Bonchev–Trinajstić information content (AvgIpc) is 2.97. The fourth-order valence-corrected chi connectivity index (χ4v) is 3.77. The number of carboxylic acid groups (broad SMARTS) is 1. The summed E-state index contributed by atoms with van der Waals surface area (Å²) in [6.45, 7) is 0. The predicted octanol–water partition coefficient (Wildman–Crippen LogP) is 6.01. The average molecular weight is 378 g/mol. The maximum absolute atomic E-state index is 11.0. The van der Waals surface area contributed by atoms with E-state index in [9.17, 15) is 4.79 Å². The Hall–Kier alpha value is -1.88. The zero-order chi connectivity index (χ0) is 17.1. The van der Waals surface area contributed by atoms with E-state index in [0.717, 1.165) is 26.4 Å². The minimum absolute atomic E-state index is 0.0347. The Balaban J connectivity index is 2.04. The number of aliphatic carboxylic acids is 1. The number of benzene rings is 2. The first-order chi connectivity index (χ1) is 11.5. The Bertz CT molecular complexity index is 901. The van der Waals surface area contributed by atoms with Crippen molar-refractivity contribution in [2.24, 2.45) is 0 Å². The van der Waals surface area contributed by atoms with Crippen LogP contribution in [0.25, 0.3) is 21.9 Å². The molecule has 0 aliphatic rings. The lowest BCUT2D eigenvalue weighted by Gasteiger charge is -2.05. The Kier molecular flexibility index (Phi) is 5.19. The fourth-order valence-electron chi connectivity index (χ4n) is 2.30. The van der Waals surface area contributed by atoms with E-state index in [-0.39, 0.29) is 6.42 Å². The van der Waals surface area contributed by atoms with Crippen LogP contribution in [0.15, 0.2) is 42.5 Å². The second-order valence-electron chi connectivity index (χ2n) is 5.22. The summed E-state index contributed by atoms with van der Waals surface area (Å²) < 4.78 is 1.07. The van der Waals surface area contributed by atoms with Gasteiger partial charge in [-0.15, -0.1) is 11.3 Å². The van der Waals surface area contributed by atoms with Gasteiger partial charge >= 0.3 is 5.97 Å². The van der Waals surface area contributed by atoms with Gasteiger partial charge in [-0.1, -0.05) is 41.4 Å². The van der Waals surface area contributed by atoms with Gasteiger partial charge in [0.25, 0.3) is 0 Å². The number of hydrogen-bond donors (Lipinski definition) is 1. The lowest BCUT2D eigenvalue weighted by Crippen LogP contribution is -1.95. The minimum atomic E-state index is -0.843. The number of para-hydroxylation sites is 1. The topological polar surface area (TPSA) is 50.2 Å². The second kappa shape index (κ2) is 7.34. The number of aromatic nitrogens is 1. The molecule has 1 heterocycles. The first-order valence-electron chi connectivity index (χ1n) is 7.26. The molecule has 0 saturated heterocycles. The zero-order valence-corrected chi connectivity index (χ0v) is 14.8. The van der Waals surface area contributed by atoms with Gasteiger partial charge in [-0.25, -0.2) is 4.98 Å². The molecule has 2 aromatic carbocycles. The maximum atomic E-state index is 11.0. The van der Waals surface area contributed by atoms with Gasteiger partial charge in [0, 0.05) is 16.5 Å². The van der Waals surface area contributed by atoms with Gasteiger partial charge in [0.1, 0.15) is 5.01 Å². The molecule has 3 aromatic rings. The molecular weight excluding hydrogens is 365 g/mol. The third-order valence-corrected chi connectivity index (χ3v) is 5.14. The third-order valence-electron chi connectivity index (χ3n) is 3.47. The van der Waals surface area contributed by atoms with E-state index in [1.807, 2.05) is 36.4 Å². The maximum Gasteiger partial charge on any atom is 0.303 e. The van der Waals surface area contributed by atoms with E-state index in [0.29, 0.717) is 16.5 Å². The van der Waals surface area contributed by atoms with Crippen molar-refractivity contribution >= 4 is 62.4 Å². The van der Waals surface area contributed by atoms with Crippen molar-refractivity contribution in [1.29, 1.82) is 0 Å². The Morgan fingerprint density at radius 2 is 1.96 bits per heavy atom. The molecule has 1 N–H and O–H groups in total. The Morgan fingerprint density at radius 3 is 2.67 bits per heavy atom. The first kappa shape index (κ1) is 17.0. The largest absolute Gasteiger partial charge is 0.481 e. The fraction of sp³-hybridized carbons (Fsp3) is 0.111. The van der Waals surface area contributed by atoms with Crippen molar-refractivity contribution in [2.75, 3.05) is 0 Å². The van der Waals surface area contributed by atoms with Crippen molar-refractivity contribution in [3.63, 3.8) is 0 Å². The van der Waals surface area contributed by atoms with Crippen LogP contribution in [-0.2, 0) is 4.79 Å². The molecule has 1 aromatic heterocycles. The molecule has 6 heteroatoms. The van der Waals surface area contributed by atoms with Crippen LogP contribution < -0.4 is 0 Å². The molecule has 3 rings (SSSR count). The number of halogens is 2. The van der Waals surface area contributed by atoms with Crippen molar-refractivity contribution in [3.05, 3.63) is 63.1 Å². The number of carboxylic acids is 1. The van der Waals surface area contributed by atoms with Gasteiger partial charge in [-0.05, 0) is 47.9 Å². The molecule has 0 atom stereocenters. The third kappa shape index (κ3) is 3.96. The summed E-state index contributed by atoms with van der Waals surface area (Å²) in [5.74, 6) is -0.843. The summed E-state index contributed by atoms with van der Waals surface area (Å²) in [4.78, 5) is 15.6. The monoisotopic (exact) mass is 377 g/mol. The zero-order valence-electron chi connectivity index (χ0n) is 12.5. The lowest BCUT2D eigenvalue weighted by atomic mass is 10.1. The van der Waals surface area contributed by atoms with Gasteiger partial charge < -0.3 is 5.11 Å². The highest BCUT2D eigenvalue weighted by molar-refractivity contribution is 7.19. The standard InChI is InChI=1S/C18H13Cl2NO2S/c19-13-7-5-11(14(20)10-13)9-12(6-8-17(22)23)18-21-15-3-1-2-4-16(15)24-18/h1-5,7,9-10H,6,8H2,(H,22,23)/b12-9-. The summed E-state index contributed by atoms with van der Waals surface area (Å²) >= 11 is 13.7. The normalized spacial score (nSPS) is 11.8. The first-order valence-corrected chi connectivity index (χ1v) is 8.83. The molecule has 3 nitrogen and oxygen atoms in total. The molecule has 0 fully saturated rings. The smallest absolute Gasteiger partial charge is 0.303 e. The molecule has 0 spiro atoms. The molecule has 0 bridgehead atoms. The van der Waals surface area contributed by atoms with E-state index in [2.05, 4.69) is 4.98 Å². The molecule has 0 aliphatic heterocycles. The van der Waals surface area contributed by atoms with Crippen LogP contribution in [0.2, 0.25) is 10.0 Å². The molecule has 0 radical (unpaired) electrons.